The van der Waals surface area contributed by atoms with Gasteiger partial charge in [0.05, 0.1) is 11.1 Å². The second kappa shape index (κ2) is 6.74. The normalized spacial score (nSPS) is 16.9. The summed E-state index contributed by atoms with van der Waals surface area (Å²) in [5.41, 5.74) is 1.04. The molecule has 1 aliphatic rings. The molecule has 2 aromatic carbocycles. The summed E-state index contributed by atoms with van der Waals surface area (Å²) in [6, 6.07) is 17.4. The summed E-state index contributed by atoms with van der Waals surface area (Å²) in [5.74, 6) is -0.229. The number of thioether (sulfide) groups is 1. The van der Waals surface area contributed by atoms with Crippen LogP contribution in [0.5, 0.6) is 0 Å². The zero-order chi connectivity index (χ0) is 19.0. The first-order valence-corrected chi connectivity index (χ1v) is 9.00. The largest absolute Gasteiger partial charge is 0.416 e. The third kappa shape index (κ3) is 3.30. The number of fused-ring (bicyclic) bond motifs is 1. The van der Waals surface area contributed by atoms with E-state index >= 15 is 0 Å². The Morgan fingerprint density at radius 2 is 1.63 bits per heavy atom. The topological polar surface area (TPSA) is 33.2 Å². The maximum absolute atomic E-state index is 13.1. The number of benzene rings is 2. The van der Waals surface area contributed by atoms with E-state index in [9.17, 15) is 18.0 Å². The van der Waals surface area contributed by atoms with Gasteiger partial charge in [-0.15, -0.1) is 0 Å². The van der Waals surface area contributed by atoms with E-state index in [1.165, 1.54) is 23.9 Å². The fraction of sp³-hybridized carbons (Fsp3) is 0.100. The second-order valence-electron chi connectivity index (χ2n) is 5.96. The molecule has 2 heterocycles. The summed E-state index contributed by atoms with van der Waals surface area (Å²) in [5, 5.41) is 0.0594. The zero-order valence-corrected chi connectivity index (χ0v) is 14.7. The molecular formula is C20H13F3N2OS. The van der Waals surface area contributed by atoms with E-state index in [1.807, 2.05) is 18.2 Å². The predicted octanol–water partition coefficient (Wildman–Crippen LogP) is 5.55. The molecule has 136 valence electrons. The van der Waals surface area contributed by atoms with Crippen molar-refractivity contribution in [2.45, 2.75) is 16.6 Å². The number of hydrogen-bond acceptors (Lipinski definition) is 3. The van der Waals surface area contributed by atoms with Crippen LogP contribution < -0.4 is 4.90 Å². The maximum Gasteiger partial charge on any atom is 0.416 e. The number of para-hydroxylation sites is 1. The fourth-order valence-electron chi connectivity index (χ4n) is 2.94. The fourth-order valence-corrected chi connectivity index (χ4v) is 4.17. The third-order valence-corrected chi connectivity index (χ3v) is 5.49. The Morgan fingerprint density at radius 3 is 2.30 bits per heavy atom. The molecule has 1 amide bonds. The van der Waals surface area contributed by atoms with Crippen LogP contribution in [0.1, 0.15) is 26.9 Å². The molecule has 3 nitrogen and oxygen atoms in total. The lowest BCUT2D eigenvalue weighted by atomic mass is 10.1. The van der Waals surface area contributed by atoms with Gasteiger partial charge in [0.25, 0.3) is 5.91 Å². The molecular weight excluding hydrogens is 373 g/mol. The van der Waals surface area contributed by atoms with Crippen LogP contribution in [0.3, 0.4) is 0 Å². The van der Waals surface area contributed by atoms with Gasteiger partial charge in [0, 0.05) is 11.9 Å². The number of nitrogens with zero attached hydrogens (tertiary/aromatic N) is 2. The Morgan fingerprint density at radius 1 is 0.926 bits per heavy atom. The van der Waals surface area contributed by atoms with Gasteiger partial charge in [-0.25, -0.2) is 4.98 Å². The van der Waals surface area contributed by atoms with Crippen molar-refractivity contribution >= 4 is 23.4 Å². The van der Waals surface area contributed by atoms with Crippen molar-refractivity contribution in [1.82, 2.24) is 4.98 Å². The maximum atomic E-state index is 13.1. The standard InChI is InChI=1S/C20H13F3N2OS/c21-20(22,23)14-10-8-13(9-11-14)19-25(15-5-2-1-3-6-15)18(26)16-7-4-12-24-17(16)27-19/h1-12,19H. The number of alkyl halides is 3. The molecule has 0 fully saturated rings. The highest BCUT2D eigenvalue weighted by atomic mass is 32.2. The molecule has 0 N–H and O–H groups in total. The van der Waals surface area contributed by atoms with Crippen LogP contribution in [0.2, 0.25) is 0 Å². The van der Waals surface area contributed by atoms with E-state index in [-0.39, 0.29) is 5.91 Å². The number of pyridine rings is 1. The van der Waals surface area contributed by atoms with Gasteiger partial charge in [0.1, 0.15) is 10.4 Å². The highest BCUT2D eigenvalue weighted by Crippen LogP contribution is 2.46. The smallest absolute Gasteiger partial charge is 0.291 e. The Hall–Kier alpha value is -2.80. The van der Waals surface area contributed by atoms with Crippen molar-refractivity contribution in [3.63, 3.8) is 0 Å². The molecule has 0 saturated carbocycles. The van der Waals surface area contributed by atoms with Crippen molar-refractivity contribution < 1.29 is 18.0 Å². The monoisotopic (exact) mass is 386 g/mol. The van der Waals surface area contributed by atoms with Crippen LogP contribution in [0.4, 0.5) is 18.9 Å². The molecule has 4 rings (SSSR count). The summed E-state index contributed by atoms with van der Waals surface area (Å²) in [6.07, 6.45) is -2.80. The van der Waals surface area contributed by atoms with Gasteiger partial charge in [0.2, 0.25) is 0 Å². The van der Waals surface area contributed by atoms with Crippen molar-refractivity contribution in [3.8, 4) is 0 Å². The average molecular weight is 386 g/mol. The minimum atomic E-state index is -4.40. The van der Waals surface area contributed by atoms with Crippen molar-refractivity contribution in [1.29, 1.82) is 0 Å². The number of amides is 1. The Labute approximate surface area is 157 Å². The first-order chi connectivity index (χ1) is 12.9. The Bertz CT molecular complexity index is 975. The highest BCUT2D eigenvalue weighted by Gasteiger charge is 2.36. The van der Waals surface area contributed by atoms with E-state index in [0.29, 0.717) is 21.8 Å². The predicted molar refractivity (Wildman–Crippen MR) is 97.5 cm³/mol. The summed E-state index contributed by atoms with van der Waals surface area (Å²) < 4.78 is 38.6. The molecule has 1 unspecified atom stereocenters. The van der Waals surface area contributed by atoms with Gasteiger partial charge in [-0.1, -0.05) is 42.1 Å². The SMILES string of the molecule is O=C1c2cccnc2SC(c2ccc(C(F)(F)F)cc2)N1c1ccccc1. The number of rotatable bonds is 2. The number of aromatic nitrogens is 1. The number of anilines is 1. The van der Waals surface area contributed by atoms with Crippen LogP contribution in [0.15, 0.2) is 78.0 Å². The first-order valence-electron chi connectivity index (χ1n) is 8.12. The lowest BCUT2D eigenvalue weighted by Gasteiger charge is -2.35. The molecule has 3 aromatic rings. The molecule has 0 aliphatic carbocycles. The molecule has 0 spiro atoms. The Balaban J connectivity index is 1.80. The molecule has 1 aromatic heterocycles. The highest BCUT2D eigenvalue weighted by molar-refractivity contribution is 7.99. The second-order valence-corrected chi connectivity index (χ2v) is 7.03. The summed E-state index contributed by atoms with van der Waals surface area (Å²) >= 11 is 1.34. The third-order valence-electron chi connectivity index (χ3n) is 4.24. The van der Waals surface area contributed by atoms with Crippen LogP contribution in [0, 0.1) is 0 Å². The van der Waals surface area contributed by atoms with Gasteiger partial charge < -0.3 is 0 Å². The van der Waals surface area contributed by atoms with E-state index in [0.717, 1.165) is 12.1 Å². The Kier molecular flexibility index (Phi) is 4.39. The lowest BCUT2D eigenvalue weighted by Crippen LogP contribution is -2.37. The number of carbonyl (C=O) groups is 1. The lowest BCUT2D eigenvalue weighted by molar-refractivity contribution is -0.137. The summed E-state index contributed by atoms with van der Waals surface area (Å²) in [4.78, 5) is 19.0. The van der Waals surface area contributed by atoms with E-state index < -0.39 is 17.1 Å². The van der Waals surface area contributed by atoms with E-state index in [1.54, 1.807) is 35.4 Å². The summed E-state index contributed by atoms with van der Waals surface area (Å²) in [7, 11) is 0. The number of halogens is 3. The molecule has 1 aliphatic heterocycles. The van der Waals surface area contributed by atoms with Gasteiger partial charge in [-0.2, -0.15) is 13.2 Å². The van der Waals surface area contributed by atoms with Crippen LogP contribution >= 0.6 is 11.8 Å². The van der Waals surface area contributed by atoms with Crippen molar-refractivity contribution in [2.75, 3.05) is 4.90 Å². The van der Waals surface area contributed by atoms with E-state index in [2.05, 4.69) is 4.98 Å². The van der Waals surface area contributed by atoms with Crippen LogP contribution in [0.25, 0.3) is 0 Å². The quantitative estimate of drug-likeness (QED) is 0.579. The van der Waals surface area contributed by atoms with Crippen molar-refractivity contribution in [2.24, 2.45) is 0 Å². The van der Waals surface area contributed by atoms with E-state index in [4.69, 9.17) is 0 Å². The molecule has 1 atom stereocenters. The van der Waals surface area contributed by atoms with Gasteiger partial charge >= 0.3 is 6.18 Å². The number of carbonyl (C=O) groups excluding carboxylic acids is 1. The molecule has 7 heteroatoms. The summed E-state index contributed by atoms with van der Waals surface area (Å²) in [6.45, 7) is 0. The molecule has 0 bridgehead atoms. The molecule has 27 heavy (non-hydrogen) atoms. The zero-order valence-electron chi connectivity index (χ0n) is 13.9. The molecule has 0 radical (unpaired) electrons. The van der Waals surface area contributed by atoms with Crippen LogP contribution in [-0.2, 0) is 6.18 Å². The van der Waals surface area contributed by atoms with Crippen molar-refractivity contribution in [3.05, 3.63) is 89.6 Å². The average Bonchev–Trinajstić information content (AvgIpc) is 2.68. The first kappa shape index (κ1) is 17.6. The molecule has 0 saturated heterocycles. The number of hydrogen-bond donors (Lipinski definition) is 0. The minimum absolute atomic E-state index is 0.229. The van der Waals surface area contributed by atoms with Gasteiger partial charge in [-0.05, 0) is 42.0 Å². The van der Waals surface area contributed by atoms with Crippen LogP contribution in [-0.4, -0.2) is 10.9 Å². The minimum Gasteiger partial charge on any atom is -0.291 e. The van der Waals surface area contributed by atoms with Gasteiger partial charge in [-0.3, -0.25) is 9.69 Å². The van der Waals surface area contributed by atoms with Gasteiger partial charge in [0.15, 0.2) is 0 Å².